The van der Waals surface area contributed by atoms with Gasteiger partial charge in [0.15, 0.2) is 0 Å². The molecule has 0 atom stereocenters. The number of rotatable bonds is 6. The Morgan fingerprint density at radius 1 is 0.929 bits per heavy atom. The van der Waals surface area contributed by atoms with E-state index in [0.717, 1.165) is 27.0 Å². The van der Waals surface area contributed by atoms with Gasteiger partial charge < -0.3 is 9.47 Å². The zero-order valence-corrected chi connectivity index (χ0v) is 16.8. The first-order valence-corrected chi connectivity index (χ1v) is 9.35. The maximum absolute atomic E-state index is 12.0. The molecule has 3 aromatic rings. The Morgan fingerprint density at radius 3 is 2.36 bits per heavy atom. The monoisotopic (exact) mass is 435 g/mol. The molecule has 0 N–H and O–H groups in total. The Hall–Kier alpha value is -3.18. The van der Waals surface area contributed by atoms with Crippen molar-refractivity contribution in [1.29, 1.82) is 0 Å². The molecule has 0 radical (unpaired) electrons. The van der Waals surface area contributed by atoms with Gasteiger partial charge in [-0.2, -0.15) is 0 Å². The van der Waals surface area contributed by atoms with E-state index in [4.69, 9.17) is 9.47 Å². The van der Waals surface area contributed by atoms with Crippen LogP contribution in [0.1, 0.15) is 11.1 Å². The Balaban J connectivity index is 1.58. The molecule has 4 nitrogen and oxygen atoms in total. The largest absolute Gasteiger partial charge is 0.497 e. The van der Waals surface area contributed by atoms with Gasteiger partial charge in [0.2, 0.25) is 0 Å². The van der Waals surface area contributed by atoms with Crippen molar-refractivity contribution < 1.29 is 14.3 Å². The predicted octanol–water partition coefficient (Wildman–Crippen LogP) is 5.83. The summed E-state index contributed by atoms with van der Waals surface area (Å²) in [5, 5.41) is 0. The lowest BCUT2D eigenvalue weighted by molar-refractivity contribution is -0.128. The molecule has 28 heavy (non-hydrogen) atoms. The van der Waals surface area contributed by atoms with Crippen LogP contribution in [0.3, 0.4) is 0 Å². The lowest BCUT2D eigenvalue weighted by Crippen LogP contribution is -2.03. The van der Waals surface area contributed by atoms with Crippen molar-refractivity contribution in [2.75, 3.05) is 7.11 Å². The van der Waals surface area contributed by atoms with Gasteiger partial charge in [-0.1, -0.05) is 34.1 Å². The van der Waals surface area contributed by atoms with Gasteiger partial charge in [-0.3, -0.25) is 4.99 Å². The molecule has 0 bridgehead atoms. The first-order valence-electron chi connectivity index (χ1n) is 8.56. The summed E-state index contributed by atoms with van der Waals surface area (Å²) in [6.45, 7) is 0. The van der Waals surface area contributed by atoms with E-state index in [1.807, 2.05) is 60.7 Å². The second-order valence-corrected chi connectivity index (χ2v) is 6.75. The van der Waals surface area contributed by atoms with Crippen molar-refractivity contribution >= 4 is 39.9 Å². The molecule has 0 fully saturated rings. The Kier molecular flexibility index (Phi) is 6.76. The summed E-state index contributed by atoms with van der Waals surface area (Å²) < 4.78 is 11.5. The summed E-state index contributed by atoms with van der Waals surface area (Å²) in [5.41, 5.74) is 2.62. The predicted molar refractivity (Wildman–Crippen MR) is 116 cm³/mol. The van der Waals surface area contributed by atoms with E-state index in [2.05, 4.69) is 20.9 Å². The standard InChI is InChI=1S/C23H18BrNO3/c1-27-22-4-2-3-20(15-22)25-16-18-7-12-21(13-8-18)28-23(26)14-9-17-5-10-19(24)11-6-17/h2-16H,1H3. The van der Waals surface area contributed by atoms with E-state index in [1.54, 1.807) is 31.5 Å². The van der Waals surface area contributed by atoms with Crippen LogP contribution in [0.15, 0.2) is 88.3 Å². The van der Waals surface area contributed by atoms with Crippen LogP contribution in [0.5, 0.6) is 11.5 Å². The van der Waals surface area contributed by atoms with Crippen molar-refractivity contribution in [3.8, 4) is 11.5 Å². The molecule has 0 unspecified atom stereocenters. The summed E-state index contributed by atoms with van der Waals surface area (Å²) in [5.74, 6) is 0.804. The molecule has 0 heterocycles. The van der Waals surface area contributed by atoms with E-state index >= 15 is 0 Å². The summed E-state index contributed by atoms with van der Waals surface area (Å²) in [6.07, 6.45) is 4.86. The first kappa shape index (κ1) is 19.6. The summed E-state index contributed by atoms with van der Waals surface area (Å²) in [7, 11) is 1.62. The first-order chi connectivity index (χ1) is 13.6. The van der Waals surface area contributed by atoms with Crippen LogP contribution < -0.4 is 9.47 Å². The topological polar surface area (TPSA) is 47.9 Å². The minimum Gasteiger partial charge on any atom is -0.497 e. The number of esters is 1. The Morgan fingerprint density at radius 2 is 1.64 bits per heavy atom. The van der Waals surface area contributed by atoms with Gasteiger partial charge in [0, 0.05) is 22.8 Å². The van der Waals surface area contributed by atoms with Crippen molar-refractivity contribution in [3.05, 3.63) is 94.5 Å². The van der Waals surface area contributed by atoms with Crippen molar-refractivity contribution in [1.82, 2.24) is 0 Å². The SMILES string of the molecule is COc1cccc(N=Cc2ccc(OC(=O)C=Cc3ccc(Br)cc3)cc2)c1. The van der Waals surface area contributed by atoms with E-state index in [9.17, 15) is 4.79 Å². The van der Waals surface area contributed by atoms with E-state index < -0.39 is 5.97 Å². The molecule has 5 heteroatoms. The number of halogens is 1. The zero-order valence-electron chi connectivity index (χ0n) is 15.2. The lowest BCUT2D eigenvalue weighted by atomic mass is 10.2. The van der Waals surface area contributed by atoms with Crippen LogP contribution in [0.25, 0.3) is 6.08 Å². The van der Waals surface area contributed by atoms with Crippen LogP contribution in [0.2, 0.25) is 0 Å². The number of benzene rings is 3. The van der Waals surface area contributed by atoms with Gasteiger partial charge in [-0.15, -0.1) is 0 Å². The fourth-order valence-corrected chi connectivity index (χ4v) is 2.61. The van der Waals surface area contributed by atoms with Gasteiger partial charge in [0.25, 0.3) is 0 Å². The normalized spacial score (nSPS) is 11.1. The zero-order chi connectivity index (χ0) is 19.8. The van der Waals surface area contributed by atoms with Gasteiger partial charge in [-0.25, -0.2) is 4.79 Å². The van der Waals surface area contributed by atoms with Crippen LogP contribution in [0.4, 0.5) is 5.69 Å². The third kappa shape index (κ3) is 5.93. The molecule has 0 aliphatic heterocycles. The maximum atomic E-state index is 12.0. The summed E-state index contributed by atoms with van der Waals surface area (Å²) >= 11 is 3.38. The number of carbonyl (C=O) groups is 1. The minimum atomic E-state index is -0.430. The smallest absolute Gasteiger partial charge is 0.336 e. The lowest BCUT2D eigenvalue weighted by Gasteiger charge is -2.02. The number of hydrogen-bond acceptors (Lipinski definition) is 4. The number of nitrogens with zero attached hydrogens (tertiary/aromatic N) is 1. The van der Waals surface area contributed by atoms with Gasteiger partial charge in [0.1, 0.15) is 11.5 Å². The third-order valence-electron chi connectivity index (χ3n) is 3.80. The van der Waals surface area contributed by atoms with Crippen LogP contribution in [-0.4, -0.2) is 19.3 Å². The summed E-state index contributed by atoms with van der Waals surface area (Å²) in [6, 6.07) is 22.3. The number of hydrogen-bond donors (Lipinski definition) is 0. The average molecular weight is 436 g/mol. The number of methoxy groups -OCH3 is 1. The molecule has 0 saturated carbocycles. The summed E-state index contributed by atoms with van der Waals surface area (Å²) in [4.78, 5) is 16.4. The van der Waals surface area contributed by atoms with Crippen molar-refractivity contribution in [3.63, 3.8) is 0 Å². The van der Waals surface area contributed by atoms with Crippen LogP contribution >= 0.6 is 15.9 Å². The van der Waals surface area contributed by atoms with Crippen molar-refractivity contribution in [2.45, 2.75) is 0 Å². The van der Waals surface area contributed by atoms with Gasteiger partial charge in [-0.05, 0) is 65.7 Å². The highest BCUT2D eigenvalue weighted by molar-refractivity contribution is 9.10. The highest BCUT2D eigenvalue weighted by Crippen LogP contribution is 2.20. The molecule has 3 rings (SSSR count). The van der Waals surface area contributed by atoms with Gasteiger partial charge in [0.05, 0.1) is 12.8 Å². The fourth-order valence-electron chi connectivity index (χ4n) is 2.35. The molecule has 3 aromatic carbocycles. The minimum absolute atomic E-state index is 0.430. The fraction of sp³-hybridized carbons (Fsp3) is 0.0435. The molecule has 0 aromatic heterocycles. The number of carbonyl (C=O) groups excluding carboxylic acids is 1. The van der Waals surface area contributed by atoms with Crippen molar-refractivity contribution in [2.24, 2.45) is 4.99 Å². The van der Waals surface area contributed by atoms with E-state index in [1.165, 1.54) is 6.08 Å². The number of aliphatic imine (C=N–C) groups is 1. The highest BCUT2D eigenvalue weighted by atomic mass is 79.9. The molecule has 0 amide bonds. The average Bonchev–Trinajstić information content (AvgIpc) is 2.73. The molecule has 0 aliphatic rings. The molecule has 0 spiro atoms. The Bertz CT molecular complexity index is 993. The second kappa shape index (κ2) is 9.67. The molecule has 140 valence electrons. The molecular weight excluding hydrogens is 418 g/mol. The third-order valence-corrected chi connectivity index (χ3v) is 4.33. The van der Waals surface area contributed by atoms with Crippen LogP contribution in [-0.2, 0) is 4.79 Å². The van der Waals surface area contributed by atoms with E-state index in [0.29, 0.717) is 5.75 Å². The molecule has 0 aliphatic carbocycles. The molecule has 0 saturated heterocycles. The Labute approximate surface area is 172 Å². The van der Waals surface area contributed by atoms with E-state index in [-0.39, 0.29) is 0 Å². The van der Waals surface area contributed by atoms with Crippen LogP contribution in [0, 0.1) is 0 Å². The maximum Gasteiger partial charge on any atom is 0.336 e. The van der Waals surface area contributed by atoms with Gasteiger partial charge >= 0.3 is 5.97 Å². The molecular formula is C23H18BrNO3. The number of ether oxygens (including phenoxy) is 2. The quantitative estimate of drug-likeness (QED) is 0.212. The highest BCUT2D eigenvalue weighted by Gasteiger charge is 2.01. The second-order valence-electron chi connectivity index (χ2n) is 5.83.